The molecule has 140 valence electrons. The molecule has 27 heavy (non-hydrogen) atoms. The summed E-state index contributed by atoms with van der Waals surface area (Å²) in [6.07, 6.45) is 5.67. The molecule has 1 N–H and O–H groups in total. The van der Waals surface area contributed by atoms with E-state index in [0.29, 0.717) is 23.1 Å². The summed E-state index contributed by atoms with van der Waals surface area (Å²) in [4.78, 5) is 17.4. The van der Waals surface area contributed by atoms with Crippen molar-refractivity contribution in [3.8, 4) is 5.75 Å². The van der Waals surface area contributed by atoms with Crippen molar-refractivity contribution in [2.45, 2.75) is 39.2 Å². The largest absolute Gasteiger partial charge is 0.494 e. The lowest BCUT2D eigenvalue weighted by atomic mass is 10.1. The van der Waals surface area contributed by atoms with E-state index in [9.17, 15) is 4.79 Å². The van der Waals surface area contributed by atoms with Crippen molar-refractivity contribution in [1.82, 2.24) is 14.8 Å². The predicted octanol–water partition coefficient (Wildman–Crippen LogP) is 4.23. The zero-order chi connectivity index (χ0) is 19.0. The highest BCUT2D eigenvalue weighted by Crippen LogP contribution is 2.42. The zero-order valence-electron chi connectivity index (χ0n) is 15.9. The van der Waals surface area contributed by atoms with Gasteiger partial charge < -0.3 is 10.1 Å². The summed E-state index contributed by atoms with van der Waals surface area (Å²) in [6, 6.07) is 7.48. The molecule has 0 saturated heterocycles. The third kappa shape index (κ3) is 3.39. The van der Waals surface area contributed by atoms with Crippen molar-refractivity contribution in [1.29, 1.82) is 0 Å². The van der Waals surface area contributed by atoms with Gasteiger partial charge in [0.15, 0.2) is 0 Å². The Hall–Kier alpha value is -2.89. The SMILES string of the molecule is COc1ccc(NC(=O)c2cnn(CC(C)C)c2C2CC2)c2cccnc12. The summed E-state index contributed by atoms with van der Waals surface area (Å²) < 4.78 is 7.39. The summed E-state index contributed by atoms with van der Waals surface area (Å²) in [5, 5.41) is 8.40. The predicted molar refractivity (Wildman–Crippen MR) is 105 cm³/mol. The first-order valence-corrected chi connectivity index (χ1v) is 9.37. The number of carbonyl (C=O) groups excluding carboxylic acids is 1. The molecule has 2 heterocycles. The molecule has 0 aliphatic heterocycles. The first kappa shape index (κ1) is 17.5. The molecule has 1 aromatic carbocycles. The maximum atomic E-state index is 13.0. The van der Waals surface area contributed by atoms with Crippen LogP contribution in [0.25, 0.3) is 10.9 Å². The quantitative estimate of drug-likeness (QED) is 0.711. The van der Waals surface area contributed by atoms with Crippen molar-refractivity contribution in [2.75, 3.05) is 12.4 Å². The molecule has 6 heteroatoms. The Morgan fingerprint density at radius 2 is 2.15 bits per heavy atom. The minimum absolute atomic E-state index is 0.123. The number of benzene rings is 1. The summed E-state index contributed by atoms with van der Waals surface area (Å²) in [5.41, 5.74) is 3.20. The van der Waals surface area contributed by atoms with Crippen LogP contribution in [0.2, 0.25) is 0 Å². The lowest BCUT2D eigenvalue weighted by Crippen LogP contribution is -2.16. The smallest absolute Gasteiger partial charge is 0.259 e. The van der Waals surface area contributed by atoms with Crippen LogP contribution >= 0.6 is 0 Å². The monoisotopic (exact) mass is 364 g/mol. The third-order valence-electron chi connectivity index (χ3n) is 4.83. The molecular formula is C21H24N4O2. The summed E-state index contributed by atoms with van der Waals surface area (Å²) in [6.45, 7) is 5.15. The van der Waals surface area contributed by atoms with Crippen molar-refractivity contribution in [3.63, 3.8) is 0 Å². The number of aromatic nitrogens is 3. The van der Waals surface area contributed by atoms with Gasteiger partial charge in [0.1, 0.15) is 11.3 Å². The van der Waals surface area contributed by atoms with Gasteiger partial charge in [-0.25, -0.2) is 0 Å². The maximum absolute atomic E-state index is 13.0. The number of nitrogens with one attached hydrogen (secondary N) is 1. The van der Waals surface area contributed by atoms with Crippen molar-refractivity contribution < 1.29 is 9.53 Å². The van der Waals surface area contributed by atoms with E-state index in [0.717, 1.165) is 41.7 Å². The van der Waals surface area contributed by atoms with Crippen LogP contribution in [-0.2, 0) is 6.54 Å². The molecule has 0 bridgehead atoms. The molecule has 0 spiro atoms. The van der Waals surface area contributed by atoms with E-state index in [2.05, 4.69) is 29.2 Å². The number of amides is 1. The van der Waals surface area contributed by atoms with E-state index in [-0.39, 0.29) is 5.91 Å². The van der Waals surface area contributed by atoms with E-state index in [1.54, 1.807) is 19.5 Å². The molecule has 2 aromatic heterocycles. The van der Waals surface area contributed by atoms with Gasteiger partial charge in [0.2, 0.25) is 0 Å². The first-order chi connectivity index (χ1) is 13.1. The second-order valence-electron chi connectivity index (χ2n) is 7.46. The Labute approximate surface area is 158 Å². The van der Waals surface area contributed by atoms with Gasteiger partial charge in [0.25, 0.3) is 5.91 Å². The first-order valence-electron chi connectivity index (χ1n) is 9.37. The van der Waals surface area contributed by atoms with E-state index < -0.39 is 0 Å². The van der Waals surface area contributed by atoms with Gasteiger partial charge in [-0.1, -0.05) is 13.8 Å². The number of carbonyl (C=O) groups is 1. The number of fused-ring (bicyclic) bond motifs is 1. The lowest BCUT2D eigenvalue weighted by molar-refractivity contribution is 0.102. The molecule has 0 radical (unpaired) electrons. The van der Waals surface area contributed by atoms with Gasteiger partial charge in [0, 0.05) is 24.0 Å². The summed E-state index contributed by atoms with van der Waals surface area (Å²) >= 11 is 0. The Balaban J connectivity index is 1.68. The highest BCUT2D eigenvalue weighted by atomic mass is 16.5. The third-order valence-corrected chi connectivity index (χ3v) is 4.83. The number of ether oxygens (including phenoxy) is 1. The van der Waals surface area contributed by atoms with Crippen LogP contribution in [0.5, 0.6) is 5.75 Å². The van der Waals surface area contributed by atoms with E-state index >= 15 is 0 Å². The average molecular weight is 364 g/mol. The van der Waals surface area contributed by atoms with Crippen LogP contribution in [0.3, 0.4) is 0 Å². The zero-order valence-corrected chi connectivity index (χ0v) is 15.9. The number of hydrogen-bond donors (Lipinski definition) is 1. The van der Waals surface area contributed by atoms with E-state index in [1.807, 2.05) is 28.9 Å². The van der Waals surface area contributed by atoms with E-state index in [1.165, 1.54) is 0 Å². The van der Waals surface area contributed by atoms with Crippen LogP contribution in [0.1, 0.15) is 48.7 Å². The number of methoxy groups -OCH3 is 1. The molecular weight excluding hydrogens is 340 g/mol. The molecule has 1 aliphatic rings. The van der Waals surface area contributed by atoms with E-state index in [4.69, 9.17) is 4.74 Å². The molecule has 1 amide bonds. The summed E-state index contributed by atoms with van der Waals surface area (Å²) in [7, 11) is 1.62. The highest BCUT2D eigenvalue weighted by molar-refractivity contribution is 6.10. The molecule has 0 unspecified atom stereocenters. The number of pyridine rings is 1. The maximum Gasteiger partial charge on any atom is 0.259 e. The minimum atomic E-state index is -0.123. The Morgan fingerprint density at radius 3 is 2.85 bits per heavy atom. The molecule has 4 rings (SSSR count). The van der Waals surface area contributed by atoms with Gasteiger partial charge in [-0.3, -0.25) is 14.5 Å². The standard InChI is InChI=1S/C21H24N4O2/c1-13(2)12-25-20(14-6-7-14)16(11-23-25)21(26)24-17-8-9-18(27-3)19-15(17)5-4-10-22-19/h4-5,8-11,13-14H,6-7,12H2,1-3H3,(H,24,26). The van der Waals surface area contributed by atoms with Gasteiger partial charge >= 0.3 is 0 Å². The fraction of sp³-hybridized carbons (Fsp3) is 0.381. The second-order valence-corrected chi connectivity index (χ2v) is 7.46. The van der Waals surface area contributed by atoms with Crippen molar-refractivity contribution in [2.24, 2.45) is 5.92 Å². The summed E-state index contributed by atoms with van der Waals surface area (Å²) in [5.74, 6) is 1.49. The Bertz CT molecular complexity index is 989. The number of hydrogen-bond acceptors (Lipinski definition) is 4. The fourth-order valence-electron chi connectivity index (χ4n) is 3.46. The molecule has 1 fully saturated rings. The van der Waals surface area contributed by atoms with Gasteiger partial charge in [-0.15, -0.1) is 0 Å². The molecule has 1 aliphatic carbocycles. The molecule has 1 saturated carbocycles. The van der Waals surface area contributed by atoms with Gasteiger partial charge in [0.05, 0.1) is 30.3 Å². The number of nitrogens with zero attached hydrogens (tertiary/aromatic N) is 3. The number of rotatable bonds is 6. The van der Waals surface area contributed by atoms with Crippen LogP contribution in [0.15, 0.2) is 36.7 Å². The van der Waals surface area contributed by atoms with Crippen LogP contribution < -0.4 is 10.1 Å². The minimum Gasteiger partial charge on any atom is -0.494 e. The Morgan fingerprint density at radius 1 is 1.33 bits per heavy atom. The van der Waals surface area contributed by atoms with Crippen molar-refractivity contribution >= 4 is 22.5 Å². The highest BCUT2D eigenvalue weighted by Gasteiger charge is 2.32. The van der Waals surface area contributed by atoms with Gasteiger partial charge in [-0.2, -0.15) is 5.10 Å². The Kier molecular flexibility index (Phi) is 4.56. The lowest BCUT2D eigenvalue weighted by Gasteiger charge is -2.13. The normalized spacial score (nSPS) is 13.9. The molecule has 3 aromatic rings. The average Bonchev–Trinajstić information content (AvgIpc) is 3.42. The number of anilines is 1. The van der Waals surface area contributed by atoms with Crippen LogP contribution in [0, 0.1) is 5.92 Å². The fourth-order valence-corrected chi connectivity index (χ4v) is 3.46. The van der Waals surface area contributed by atoms with Crippen LogP contribution in [-0.4, -0.2) is 27.8 Å². The van der Waals surface area contributed by atoms with Gasteiger partial charge in [-0.05, 0) is 43.0 Å². The second kappa shape index (κ2) is 7.02. The molecule has 0 atom stereocenters. The topological polar surface area (TPSA) is 69.0 Å². The van der Waals surface area contributed by atoms with Crippen molar-refractivity contribution in [3.05, 3.63) is 47.9 Å². The molecule has 6 nitrogen and oxygen atoms in total. The van der Waals surface area contributed by atoms with Crippen LogP contribution in [0.4, 0.5) is 5.69 Å².